The van der Waals surface area contributed by atoms with Gasteiger partial charge in [-0.25, -0.2) is 13.6 Å². The topological polar surface area (TPSA) is 106 Å². The molecule has 0 aliphatic carbocycles. The van der Waals surface area contributed by atoms with E-state index >= 15 is 0 Å². The first kappa shape index (κ1) is 10.5. The smallest absolute Gasteiger partial charge is 0.230 e. The van der Waals surface area contributed by atoms with Crippen molar-refractivity contribution in [3.8, 4) is 0 Å². The highest BCUT2D eigenvalue weighted by molar-refractivity contribution is 7.89. The van der Waals surface area contributed by atoms with Crippen LogP contribution in [0.3, 0.4) is 0 Å². The van der Waals surface area contributed by atoms with Crippen molar-refractivity contribution in [3.05, 3.63) is 5.51 Å². The van der Waals surface area contributed by atoms with Gasteiger partial charge in [0.05, 0.1) is 0 Å². The predicted octanol–water partition coefficient (Wildman–Crippen LogP) is -1.07. The molecule has 1 aromatic heterocycles. The minimum atomic E-state index is -3.67. The molecule has 15 heavy (non-hydrogen) atoms. The summed E-state index contributed by atoms with van der Waals surface area (Å²) < 4.78 is 22.1. The molecule has 0 spiro atoms. The van der Waals surface area contributed by atoms with Crippen LogP contribution in [0.5, 0.6) is 0 Å². The predicted molar refractivity (Wildman–Crippen MR) is 53.8 cm³/mol. The summed E-state index contributed by atoms with van der Waals surface area (Å²) >= 11 is 1.18. The molecule has 1 aliphatic rings. The standard InChI is InChI=1S/C6H8N4O3S2/c7-15(12,13)4-1-5(11)10(2-4)6-9-8-3-14-6/h3-4H,1-2H2,(H2,7,12,13). The van der Waals surface area contributed by atoms with Gasteiger partial charge >= 0.3 is 0 Å². The van der Waals surface area contributed by atoms with Gasteiger partial charge in [0.1, 0.15) is 10.8 Å². The number of anilines is 1. The highest BCUT2D eigenvalue weighted by Crippen LogP contribution is 2.24. The second kappa shape index (κ2) is 3.51. The van der Waals surface area contributed by atoms with Gasteiger partial charge in [0.15, 0.2) is 0 Å². The number of aromatic nitrogens is 2. The average Bonchev–Trinajstić information content (AvgIpc) is 2.69. The third-order valence-electron chi connectivity index (χ3n) is 2.13. The number of hydrogen-bond donors (Lipinski definition) is 1. The number of hydrogen-bond acceptors (Lipinski definition) is 6. The van der Waals surface area contributed by atoms with E-state index in [-0.39, 0.29) is 18.9 Å². The van der Waals surface area contributed by atoms with Crippen LogP contribution in [0.2, 0.25) is 0 Å². The fourth-order valence-electron chi connectivity index (χ4n) is 1.36. The highest BCUT2D eigenvalue weighted by Gasteiger charge is 2.38. The highest BCUT2D eigenvalue weighted by atomic mass is 32.2. The summed E-state index contributed by atoms with van der Waals surface area (Å²) in [6, 6.07) is 0. The number of carbonyl (C=O) groups is 1. The van der Waals surface area contributed by atoms with Gasteiger partial charge in [-0.3, -0.25) is 9.69 Å². The molecular weight excluding hydrogens is 240 g/mol. The van der Waals surface area contributed by atoms with Gasteiger partial charge in [-0.05, 0) is 0 Å². The lowest BCUT2D eigenvalue weighted by atomic mass is 10.4. The van der Waals surface area contributed by atoms with Crippen LogP contribution in [-0.4, -0.2) is 36.3 Å². The lowest BCUT2D eigenvalue weighted by molar-refractivity contribution is -0.117. The maximum atomic E-state index is 11.5. The van der Waals surface area contributed by atoms with Crippen LogP contribution in [0, 0.1) is 0 Å². The fraction of sp³-hybridized carbons (Fsp3) is 0.500. The van der Waals surface area contributed by atoms with Crippen molar-refractivity contribution in [3.63, 3.8) is 0 Å². The van der Waals surface area contributed by atoms with Gasteiger partial charge in [-0.15, -0.1) is 10.2 Å². The Labute approximate surface area is 90.0 Å². The molecule has 0 aromatic carbocycles. The Morgan fingerprint density at radius 3 is 2.80 bits per heavy atom. The fourth-order valence-corrected chi connectivity index (χ4v) is 2.68. The van der Waals surface area contributed by atoms with Gasteiger partial charge < -0.3 is 0 Å². The number of primary sulfonamides is 1. The zero-order chi connectivity index (χ0) is 11.1. The molecule has 2 N–H and O–H groups in total. The minimum absolute atomic E-state index is 0.0624. The van der Waals surface area contributed by atoms with E-state index in [1.54, 1.807) is 0 Å². The summed E-state index contributed by atoms with van der Waals surface area (Å²) in [5, 5.41) is 11.8. The number of nitrogens with zero attached hydrogens (tertiary/aromatic N) is 3. The Bertz CT molecular complexity index is 469. The first-order chi connectivity index (χ1) is 6.98. The second-order valence-electron chi connectivity index (χ2n) is 3.14. The van der Waals surface area contributed by atoms with Crippen LogP contribution in [0.4, 0.5) is 5.13 Å². The summed E-state index contributed by atoms with van der Waals surface area (Å²) in [4.78, 5) is 12.8. The van der Waals surface area contributed by atoms with E-state index in [4.69, 9.17) is 5.14 Å². The van der Waals surface area contributed by atoms with E-state index < -0.39 is 15.3 Å². The van der Waals surface area contributed by atoms with Crippen LogP contribution in [0.15, 0.2) is 5.51 Å². The van der Waals surface area contributed by atoms with Gasteiger partial charge in [0.2, 0.25) is 21.1 Å². The zero-order valence-corrected chi connectivity index (χ0v) is 9.16. The maximum Gasteiger partial charge on any atom is 0.230 e. The third kappa shape index (κ3) is 1.98. The zero-order valence-electron chi connectivity index (χ0n) is 7.53. The van der Waals surface area contributed by atoms with Crippen LogP contribution in [0.25, 0.3) is 0 Å². The average molecular weight is 248 g/mol. The van der Waals surface area contributed by atoms with Gasteiger partial charge in [0, 0.05) is 13.0 Å². The van der Waals surface area contributed by atoms with E-state index in [2.05, 4.69) is 10.2 Å². The first-order valence-electron chi connectivity index (χ1n) is 4.06. The summed E-state index contributed by atoms with van der Waals surface area (Å²) in [5.74, 6) is -0.286. The summed E-state index contributed by atoms with van der Waals surface area (Å²) in [7, 11) is -3.67. The molecule has 1 atom stereocenters. The Kier molecular flexibility index (Phi) is 2.44. The summed E-state index contributed by atoms with van der Waals surface area (Å²) in [5.41, 5.74) is 1.48. The van der Waals surface area contributed by atoms with Crippen molar-refractivity contribution in [2.75, 3.05) is 11.4 Å². The van der Waals surface area contributed by atoms with Crippen molar-refractivity contribution >= 4 is 32.4 Å². The largest absolute Gasteiger partial charge is 0.285 e. The lowest BCUT2D eigenvalue weighted by Gasteiger charge is -2.10. The molecule has 1 aromatic rings. The molecule has 1 saturated heterocycles. The minimum Gasteiger partial charge on any atom is -0.285 e. The normalized spacial score (nSPS) is 22.3. The third-order valence-corrected chi connectivity index (χ3v) is 4.09. The molecule has 7 nitrogen and oxygen atoms in total. The van der Waals surface area contributed by atoms with E-state index in [1.807, 2.05) is 0 Å². The lowest BCUT2D eigenvalue weighted by Crippen LogP contribution is -2.32. The molecular formula is C6H8N4O3S2. The van der Waals surface area contributed by atoms with E-state index in [0.29, 0.717) is 5.13 Å². The molecule has 1 unspecified atom stereocenters. The van der Waals surface area contributed by atoms with Crippen LogP contribution < -0.4 is 10.0 Å². The number of nitrogens with two attached hydrogens (primary N) is 1. The number of sulfonamides is 1. The van der Waals surface area contributed by atoms with Crippen molar-refractivity contribution < 1.29 is 13.2 Å². The Hall–Kier alpha value is -1.06. The second-order valence-corrected chi connectivity index (χ2v) is 5.80. The summed E-state index contributed by atoms with van der Waals surface area (Å²) in [6.45, 7) is 0.0624. The monoisotopic (exact) mass is 248 g/mol. The Morgan fingerprint density at radius 2 is 2.33 bits per heavy atom. The quantitative estimate of drug-likeness (QED) is 0.717. The van der Waals surface area contributed by atoms with E-state index in [9.17, 15) is 13.2 Å². The number of rotatable bonds is 2. The SMILES string of the molecule is NS(=O)(=O)C1CC(=O)N(c2nncs2)C1. The summed E-state index contributed by atoms with van der Waals surface area (Å²) in [6.07, 6.45) is -0.0849. The van der Waals surface area contributed by atoms with Gasteiger partial charge in [-0.1, -0.05) is 11.3 Å². The number of amides is 1. The van der Waals surface area contributed by atoms with E-state index in [1.165, 1.54) is 21.7 Å². The molecule has 0 radical (unpaired) electrons. The molecule has 0 bridgehead atoms. The van der Waals surface area contributed by atoms with Crippen LogP contribution in [-0.2, 0) is 14.8 Å². The van der Waals surface area contributed by atoms with Crippen LogP contribution >= 0.6 is 11.3 Å². The van der Waals surface area contributed by atoms with Crippen molar-refractivity contribution in [2.24, 2.45) is 5.14 Å². The van der Waals surface area contributed by atoms with Crippen molar-refractivity contribution in [2.45, 2.75) is 11.7 Å². The number of carbonyl (C=O) groups excluding carboxylic acids is 1. The molecule has 1 fully saturated rings. The molecule has 9 heteroatoms. The molecule has 82 valence electrons. The molecule has 2 heterocycles. The van der Waals surface area contributed by atoms with E-state index in [0.717, 1.165) is 0 Å². The van der Waals surface area contributed by atoms with Crippen LogP contribution in [0.1, 0.15) is 6.42 Å². The van der Waals surface area contributed by atoms with Crippen molar-refractivity contribution in [1.29, 1.82) is 0 Å². The first-order valence-corrected chi connectivity index (χ1v) is 6.55. The Morgan fingerprint density at radius 1 is 1.60 bits per heavy atom. The maximum absolute atomic E-state index is 11.5. The van der Waals surface area contributed by atoms with Crippen molar-refractivity contribution in [1.82, 2.24) is 10.2 Å². The Balaban J connectivity index is 2.23. The van der Waals surface area contributed by atoms with Gasteiger partial charge in [-0.2, -0.15) is 0 Å². The molecule has 2 rings (SSSR count). The van der Waals surface area contributed by atoms with Gasteiger partial charge in [0.25, 0.3) is 0 Å². The molecule has 1 aliphatic heterocycles. The molecule has 1 amide bonds. The molecule has 0 saturated carbocycles.